The number of hydrogen-bond acceptors (Lipinski definition) is 2. The third-order valence-electron chi connectivity index (χ3n) is 2.76. The maximum atomic E-state index is 5.95. The number of nitrogens with zero attached hydrogens (tertiary/aromatic N) is 2. The fourth-order valence-electron chi connectivity index (χ4n) is 1.75. The van der Waals surface area contributed by atoms with Crippen LogP contribution in [0.5, 0.6) is 0 Å². The number of aromatic nitrogens is 2. The van der Waals surface area contributed by atoms with Crippen LogP contribution in [0.2, 0.25) is 5.02 Å². The molecule has 1 aromatic heterocycles. The molecule has 80 valence electrons. The Morgan fingerprint density at radius 1 is 1.19 bits per heavy atom. The summed E-state index contributed by atoms with van der Waals surface area (Å²) in [6, 6.07) is 9.66. The highest BCUT2D eigenvalue weighted by atomic mass is 35.5. The first-order valence-corrected chi connectivity index (χ1v) is 5.79. The van der Waals surface area contributed by atoms with Gasteiger partial charge in [0.2, 0.25) is 0 Å². The molecule has 3 rings (SSSR count). The summed E-state index contributed by atoms with van der Waals surface area (Å²) in [4.78, 5) is 8.87. The van der Waals surface area contributed by atoms with E-state index in [1.807, 2.05) is 36.5 Å². The molecule has 16 heavy (non-hydrogen) atoms. The van der Waals surface area contributed by atoms with E-state index >= 15 is 0 Å². The minimum atomic E-state index is 0.654. The Hall–Kier alpha value is -1.41. The van der Waals surface area contributed by atoms with Crippen LogP contribution in [0.15, 0.2) is 36.5 Å². The monoisotopic (exact) mass is 230 g/mol. The first kappa shape index (κ1) is 9.79. The van der Waals surface area contributed by atoms with Crippen LogP contribution >= 0.6 is 11.6 Å². The lowest BCUT2D eigenvalue weighted by Crippen LogP contribution is -1.93. The molecule has 1 aliphatic rings. The zero-order valence-corrected chi connectivity index (χ0v) is 9.48. The molecule has 1 aromatic carbocycles. The fourth-order valence-corrected chi connectivity index (χ4v) is 1.94. The van der Waals surface area contributed by atoms with Crippen LogP contribution in [0.1, 0.15) is 24.5 Å². The van der Waals surface area contributed by atoms with Crippen LogP contribution in [-0.2, 0) is 0 Å². The van der Waals surface area contributed by atoms with Crippen LogP contribution in [0.25, 0.3) is 11.4 Å². The van der Waals surface area contributed by atoms with Crippen molar-refractivity contribution in [3.63, 3.8) is 0 Å². The van der Waals surface area contributed by atoms with Crippen molar-refractivity contribution in [3.8, 4) is 11.4 Å². The summed E-state index contributed by atoms with van der Waals surface area (Å²) in [5.74, 6) is 1.42. The largest absolute Gasteiger partial charge is 0.237 e. The van der Waals surface area contributed by atoms with Gasteiger partial charge in [-0.05, 0) is 31.0 Å². The molecule has 0 unspecified atom stereocenters. The average molecular weight is 231 g/mol. The van der Waals surface area contributed by atoms with Gasteiger partial charge < -0.3 is 0 Å². The van der Waals surface area contributed by atoms with Gasteiger partial charge >= 0.3 is 0 Å². The van der Waals surface area contributed by atoms with E-state index in [9.17, 15) is 0 Å². The van der Waals surface area contributed by atoms with E-state index in [1.54, 1.807) is 0 Å². The Kier molecular flexibility index (Phi) is 2.37. The summed E-state index contributed by atoms with van der Waals surface area (Å²) >= 11 is 5.95. The smallest absolute Gasteiger partial charge is 0.159 e. The van der Waals surface area contributed by atoms with E-state index in [2.05, 4.69) is 9.97 Å². The molecule has 0 atom stereocenters. The van der Waals surface area contributed by atoms with Crippen LogP contribution in [-0.4, -0.2) is 9.97 Å². The third kappa shape index (κ3) is 1.93. The maximum absolute atomic E-state index is 5.95. The SMILES string of the molecule is Clc1cccc(-c2nccc(C3CC3)n2)c1. The molecular weight excluding hydrogens is 220 g/mol. The average Bonchev–Trinajstić information content (AvgIpc) is 3.13. The molecule has 0 saturated heterocycles. The van der Waals surface area contributed by atoms with Gasteiger partial charge in [0.1, 0.15) is 0 Å². The van der Waals surface area contributed by atoms with Gasteiger partial charge in [-0.1, -0.05) is 23.7 Å². The molecule has 0 spiro atoms. The summed E-state index contributed by atoms with van der Waals surface area (Å²) < 4.78 is 0. The number of hydrogen-bond donors (Lipinski definition) is 0. The van der Waals surface area contributed by atoms with Crippen LogP contribution in [0.3, 0.4) is 0 Å². The summed E-state index contributed by atoms with van der Waals surface area (Å²) in [6.45, 7) is 0. The lowest BCUT2D eigenvalue weighted by molar-refractivity contribution is 0.994. The maximum Gasteiger partial charge on any atom is 0.159 e. The van der Waals surface area contributed by atoms with Gasteiger partial charge in [-0.2, -0.15) is 0 Å². The van der Waals surface area contributed by atoms with Crippen molar-refractivity contribution in [2.24, 2.45) is 0 Å². The van der Waals surface area contributed by atoms with Crippen molar-refractivity contribution >= 4 is 11.6 Å². The van der Waals surface area contributed by atoms with Crippen molar-refractivity contribution in [2.45, 2.75) is 18.8 Å². The predicted octanol–water partition coefficient (Wildman–Crippen LogP) is 3.67. The minimum Gasteiger partial charge on any atom is -0.237 e. The van der Waals surface area contributed by atoms with Gasteiger partial charge in [-0.25, -0.2) is 9.97 Å². The van der Waals surface area contributed by atoms with Crippen molar-refractivity contribution in [2.75, 3.05) is 0 Å². The van der Waals surface area contributed by atoms with Crippen molar-refractivity contribution in [3.05, 3.63) is 47.2 Å². The number of benzene rings is 1. The zero-order valence-electron chi connectivity index (χ0n) is 8.73. The molecular formula is C13H11ClN2. The van der Waals surface area contributed by atoms with Gasteiger partial charge in [-0.3, -0.25) is 0 Å². The van der Waals surface area contributed by atoms with Crippen molar-refractivity contribution in [1.29, 1.82) is 0 Å². The summed E-state index contributed by atoms with van der Waals surface area (Å²) in [5.41, 5.74) is 2.14. The minimum absolute atomic E-state index is 0.654. The lowest BCUT2D eigenvalue weighted by Gasteiger charge is -2.02. The molecule has 2 nitrogen and oxygen atoms in total. The topological polar surface area (TPSA) is 25.8 Å². The second kappa shape index (κ2) is 3.87. The van der Waals surface area contributed by atoms with E-state index in [-0.39, 0.29) is 0 Å². The first-order valence-electron chi connectivity index (χ1n) is 5.42. The molecule has 3 heteroatoms. The van der Waals surface area contributed by atoms with Crippen LogP contribution in [0.4, 0.5) is 0 Å². The highest BCUT2D eigenvalue weighted by Gasteiger charge is 2.25. The fraction of sp³-hybridized carbons (Fsp3) is 0.231. The van der Waals surface area contributed by atoms with Crippen molar-refractivity contribution < 1.29 is 0 Å². The number of halogens is 1. The van der Waals surface area contributed by atoms with Gasteiger partial charge in [0.15, 0.2) is 5.82 Å². The lowest BCUT2D eigenvalue weighted by atomic mass is 10.2. The van der Waals surface area contributed by atoms with Gasteiger partial charge in [0.05, 0.1) is 0 Å². The molecule has 1 saturated carbocycles. The molecule has 0 amide bonds. The Morgan fingerprint density at radius 3 is 2.81 bits per heavy atom. The third-order valence-corrected chi connectivity index (χ3v) is 2.99. The Labute approximate surface area is 99.3 Å². The molecule has 0 radical (unpaired) electrons. The first-order chi connectivity index (χ1) is 7.83. The molecule has 1 fully saturated rings. The Morgan fingerprint density at radius 2 is 2.06 bits per heavy atom. The van der Waals surface area contributed by atoms with Crippen LogP contribution < -0.4 is 0 Å². The normalized spacial score (nSPS) is 15.1. The summed E-state index contributed by atoms with van der Waals surface area (Å²) in [7, 11) is 0. The van der Waals surface area contributed by atoms with Gasteiger partial charge in [0, 0.05) is 28.4 Å². The van der Waals surface area contributed by atoms with Gasteiger partial charge in [-0.15, -0.1) is 0 Å². The second-order valence-electron chi connectivity index (χ2n) is 4.09. The van der Waals surface area contributed by atoms with E-state index in [1.165, 1.54) is 12.8 Å². The molecule has 1 aliphatic carbocycles. The van der Waals surface area contributed by atoms with E-state index in [0.29, 0.717) is 5.92 Å². The van der Waals surface area contributed by atoms with E-state index < -0.39 is 0 Å². The predicted molar refractivity (Wildman–Crippen MR) is 64.5 cm³/mol. The summed E-state index contributed by atoms with van der Waals surface area (Å²) in [5, 5.41) is 0.720. The zero-order chi connectivity index (χ0) is 11.0. The molecule has 0 aliphatic heterocycles. The van der Waals surface area contributed by atoms with E-state index in [0.717, 1.165) is 22.1 Å². The standard InChI is InChI=1S/C13H11ClN2/c14-11-3-1-2-10(8-11)13-15-7-6-12(16-13)9-4-5-9/h1-3,6-9H,4-5H2. The van der Waals surface area contributed by atoms with Gasteiger partial charge in [0.25, 0.3) is 0 Å². The number of rotatable bonds is 2. The Bertz CT molecular complexity index is 521. The van der Waals surface area contributed by atoms with Crippen molar-refractivity contribution in [1.82, 2.24) is 9.97 Å². The Balaban J connectivity index is 2.02. The molecule has 0 N–H and O–H groups in total. The van der Waals surface area contributed by atoms with Crippen LogP contribution in [0, 0.1) is 0 Å². The molecule has 2 aromatic rings. The quantitative estimate of drug-likeness (QED) is 0.787. The van der Waals surface area contributed by atoms with E-state index in [4.69, 9.17) is 11.6 Å². The highest BCUT2D eigenvalue weighted by Crippen LogP contribution is 2.39. The molecule has 0 bridgehead atoms. The second-order valence-corrected chi connectivity index (χ2v) is 4.53. The molecule has 1 heterocycles. The summed E-state index contributed by atoms with van der Waals surface area (Å²) in [6.07, 6.45) is 4.34. The highest BCUT2D eigenvalue weighted by molar-refractivity contribution is 6.30.